The van der Waals surface area contributed by atoms with E-state index in [4.69, 9.17) is 0 Å². The van der Waals surface area contributed by atoms with Crippen LogP contribution in [0.5, 0.6) is 0 Å². The first kappa shape index (κ1) is 16.0. The van der Waals surface area contributed by atoms with Gasteiger partial charge in [0.25, 0.3) is 0 Å². The van der Waals surface area contributed by atoms with Crippen molar-refractivity contribution in [3.05, 3.63) is 36.5 Å². The molecule has 3 heteroatoms. The Morgan fingerprint density at radius 1 is 1.17 bits per heavy atom. The maximum atomic E-state index is 12.6. The van der Waals surface area contributed by atoms with E-state index in [9.17, 15) is 4.79 Å². The van der Waals surface area contributed by atoms with Gasteiger partial charge in [-0.05, 0) is 55.9 Å². The molecule has 1 fully saturated rings. The molecular weight excluding hydrogens is 284 g/mol. The van der Waals surface area contributed by atoms with Crippen molar-refractivity contribution >= 4 is 22.5 Å². The summed E-state index contributed by atoms with van der Waals surface area (Å²) in [5.74, 6) is 1.18. The molecule has 1 N–H and O–H groups in total. The van der Waals surface area contributed by atoms with Crippen molar-refractivity contribution in [2.75, 3.05) is 5.32 Å². The summed E-state index contributed by atoms with van der Waals surface area (Å²) in [5.41, 5.74) is 1.81. The summed E-state index contributed by atoms with van der Waals surface area (Å²) in [7, 11) is 0. The van der Waals surface area contributed by atoms with Gasteiger partial charge in [0, 0.05) is 17.5 Å². The monoisotopic (exact) mass is 310 g/mol. The topological polar surface area (TPSA) is 42.0 Å². The van der Waals surface area contributed by atoms with Gasteiger partial charge in [0.15, 0.2) is 0 Å². The van der Waals surface area contributed by atoms with Crippen LogP contribution in [0.15, 0.2) is 36.5 Å². The highest BCUT2D eigenvalue weighted by Gasteiger charge is 2.26. The number of pyridine rings is 1. The molecule has 1 aromatic carbocycles. The lowest BCUT2D eigenvalue weighted by Gasteiger charge is -2.27. The third-order valence-electron chi connectivity index (χ3n) is 5.09. The van der Waals surface area contributed by atoms with Gasteiger partial charge in [-0.25, -0.2) is 0 Å². The van der Waals surface area contributed by atoms with Crippen molar-refractivity contribution in [1.82, 2.24) is 4.98 Å². The first-order valence-electron chi connectivity index (χ1n) is 8.92. The lowest BCUT2D eigenvalue weighted by atomic mass is 9.79. The molecule has 3 nitrogen and oxygen atoms in total. The Balaban J connectivity index is 1.61. The molecule has 23 heavy (non-hydrogen) atoms. The Hall–Kier alpha value is -1.90. The number of carbonyl (C=O) groups is 1. The van der Waals surface area contributed by atoms with Crippen molar-refractivity contribution in [3.63, 3.8) is 0 Å². The number of nitrogens with zero attached hydrogens (tertiary/aromatic N) is 1. The zero-order valence-corrected chi connectivity index (χ0v) is 13.9. The molecular formula is C20H26N2O. The van der Waals surface area contributed by atoms with Crippen LogP contribution in [0.4, 0.5) is 5.69 Å². The van der Waals surface area contributed by atoms with Crippen LogP contribution < -0.4 is 5.32 Å². The maximum Gasteiger partial charge on any atom is 0.227 e. The van der Waals surface area contributed by atoms with E-state index in [-0.39, 0.29) is 11.8 Å². The van der Waals surface area contributed by atoms with Crippen LogP contribution in [0.25, 0.3) is 10.9 Å². The zero-order chi connectivity index (χ0) is 16.1. The van der Waals surface area contributed by atoms with Crippen LogP contribution in [0.1, 0.15) is 51.9 Å². The molecule has 1 aliphatic rings. The first-order chi connectivity index (χ1) is 11.3. The molecule has 3 rings (SSSR count). The van der Waals surface area contributed by atoms with E-state index in [1.165, 1.54) is 32.1 Å². The average molecular weight is 310 g/mol. The van der Waals surface area contributed by atoms with Crippen molar-refractivity contribution in [2.45, 2.75) is 51.9 Å². The summed E-state index contributed by atoms with van der Waals surface area (Å²) < 4.78 is 0. The molecule has 1 aromatic heterocycles. The van der Waals surface area contributed by atoms with E-state index in [1.54, 1.807) is 6.20 Å². The minimum absolute atomic E-state index is 0.166. The smallest absolute Gasteiger partial charge is 0.227 e. The molecule has 0 saturated heterocycles. The van der Waals surface area contributed by atoms with Crippen LogP contribution >= 0.6 is 0 Å². The van der Waals surface area contributed by atoms with Gasteiger partial charge in [-0.2, -0.15) is 0 Å². The average Bonchev–Trinajstić information content (AvgIpc) is 2.60. The Morgan fingerprint density at radius 2 is 2.00 bits per heavy atom. The highest BCUT2D eigenvalue weighted by molar-refractivity contribution is 6.01. The summed E-state index contributed by atoms with van der Waals surface area (Å²) in [6.07, 6.45) is 10.2. The lowest BCUT2D eigenvalue weighted by Crippen LogP contribution is -2.27. The predicted molar refractivity (Wildman–Crippen MR) is 95.3 cm³/mol. The SMILES string of the molecule is CCCCC1CCC(C(=O)Nc2cccc3ncccc23)CC1. The van der Waals surface area contributed by atoms with Crippen molar-refractivity contribution in [2.24, 2.45) is 11.8 Å². The van der Waals surface area contributed by atoms with Gasteiger partial charge < -0.3 is 5.32 Å². The molecule has 1 heterocycles. The van der Waals surface area contributed by atoms with E-state index in [1.807, 2.05) is 30.3 Å². The number of nitrogens with one attached hydrogen (secondary N) is 1. The number of benzene rings is 1. The Morgan fingerprint density at radius 3 is 2.78 bits per heavy atom. The van der Waals surface area contributed by atoms with Gasteiger partial charge in [-0.15, -0.1) is 0 Å². The highest BCUT2D eigenvalue weighted by atomic mass is 16.1. The second-order valence-electron chi connectivity index (χ2n) is 6.72. The summed E-state index contributed by atoms with van der Waals surface area (Å²) in [6.45, 7) is 2.25. The fourth-order valence-electron chi connectivity index (χ4n) is 3.65. The minimum Gasteiger partial charge on any atom is -0.325 e. The molecule has 0 radical (unpaired) electrons. The summed E-state index contributed by atoms with van der Waals surface area (Å²) in [6, 6.07) is 9.82. The molecule has 0 aliphatic heterocycles. The summed E-state index contributed by atoms with van der Waals surface area (Å²) >= 11 is 0. The zero-order valence-electron chi connectivity index (χ0n) is 13.9. The second kappa shape index (κ2) is 7.58. The fourth-order valence-corrected chi connectivity index (χ4v) is 3.65. The van der Waals surface area contributed by atoms with Gasteiger partial charge in [0.1, 0.15) is 0 Å². The standard InChI is InChI=1S/C20H26N2O/c1-2-3-6-15-10-12-16(13-11-15)20(23)22-19-9-4-8-18-17(19)7-5-14-21-18/h4-5,7-9,14-16H,2-3,6,10-13H2,1H3,(H,22,23). The maximum absolute atomic E-state index is 12.6. The number of rotatable bonds is 5. The molecule has 0 bridgehead atoms. The number of hydrogen-bond acceptors (Lipinski definition) is 2. The Bertz CT molecular complexity index is 654. The van der Waals surface area contributed by atoms with E-state index >= 15 is 0 Å². The molecule has 0 atom stereocenters. The number of anilines is 1. The van der Waals surface area contributed by atoms with E-state index in [0.717, 1.165) is 35.3 Å². The van der Waals surface area contributed by atoms with E-state index in [0.29, 0.717) is 0 Å². The summed E-state index contributed by atoms with van der Waals surface area (Å²) in [4.78, 5) is 16.9. The molecule has 0 spiro atoms. The normalized spacial score (nSPS) is 21.3. The number of fused-ring (bicyclic) bond motifs is 1. The van der Waals surface area contributed by atoms with Crippen molar-refractivity contribution in [1.29, 1.82) is 0 Å². The predicted octanol–water partition coefficient (Wildman–Crippen LogP) is 5.17. The third-order valence-corrected chi connectivity index (χ3v) is 5.09. The number of carbonyl (C=O) groups excluding carboxylic acids is 1. The Kier molecular flexibility index (Phi) is 5.27. The molecule has 1 saturated carbocycles. The second-order valence-corrected chi connectivity index (χ2v) is 6.72. The van der Waals surface area contributed by atoms with Gasteiger partial charge in [-0.1, -0.05) is 32.3 Å². The lowest BCUT2D eigenvalue weighted by molar-refractivity contribution is -0.121. The summed E-state index contributed by atoms with van der Waals surface area (Å²) in [5, 5.41) is 4.15. The molecule has 1 aliphatic carbocycles. The van der Waals surface area contributed by atoms with Crippen molar-refractivity contribution in [3.8, 4) is 0 Å². The van der Waals surface area contributed by atoms with Gasteiger partial charge in [-0.3, -0.25) is 9.78 Å². The largest absolute Gasteiger partial charge is 0.325 e. The molecule has 2 aromatic rings. The van der Waals surface area contributed by atoms with Gasteiger partial charge in [0.2, 0.25) is 5.91 Å². The quantitative estimate of drug-likeness (QED) is 0.827. The van der Waals surface area contributed by atoms with Crippen LogP contribution in [0, 0.1) is 11.8 Å². The molecule has 122 valence electrons. The first-order valence-corrected chi connectivity index (χ1v) is 8.92. The van der Waals surface area contributed by atoms with E-state index in [2.05, 4.69) is 17.2 Å². The van der Waals surface area contributed by atoms with Crippen LogP contribution in [0.2, 0.25) is 0 Å². The number of amides is 1. The van der Waals surface area contributed by atoms with Gasteiger partial charge in [0.05, 0.1) is 11.2 Å². The molecule has 0 unspecified atom stereocenters. The minimum atomic E-state index is 0.166. The third kappa shape index (κ3) is 3.90. The highest BCUT2D eigenvalue weighted by Crippen LogP contribution is 2.33. The number of aromatic nitrogens is 1. The van der Waals surface area contributed by atoms with Crippen LogP contribution in [-0.2, 0) is 4.79 Å². The Labute approximate surface area is 138 Å². The van der Waals surface area contributed by atoms with Crippen molar-refractivity contribution < 1.29 is 4.79 Å². The number of hydrogen-bond donors (Lipinski definition) is 1. The van der Waals surface area contributed by atoms with E-state index < -0.39 is 0 Å². The number of unbranched alkanes of at least 4 members (excludes halogenated alkanes) is 1. The van der Waals surface area contributed by atoms with Crippen LogP contribution in [0.3, 0.4) is 0 Å². The molecule has 1 amide bonds. The van der Waals surface area contributed by atoms with Gasteiger partial charge >= 0.3 is 0 Å². The fraction of sp³-hybridized carbons (Fsp3) is 0.500. The van der Waals surface area contributed by atoms with Crippen LogP contribution in [-0.4, -0.2) is 10.9 Å².